The van der Waals surface area contributed by atoms with Crippen LogP contribution in [0.3, 0.4) is 0 Å². The van der Waals surface area contributed by atoms with Gasteiger partial charge in [0.05, 0.1) is 12.8 Å². The van der Waals surface area contributed by atoms with Gasteiger partial charge in [-0.25, -0.2) is 4.79 Å². The number of rotatable bonds is 4. The van der Waals surface area contributed by atoms with Crippen molar-refractivity contribution < 1.29 is 19.4 Å². The van der Waals surface area contributed by atoms with Gasteiger partial charge in [0.15, 0.2) is 0 Å². The minimum absolute atomic E-state index is 0.0714. The number of amides is 1. The standard InChI is InChI=1S/C14H21NO4/c1-14(2,3)19-13(17)15-11-6-5-10(7-8-16)9-12(11)18-4/h5-6,9,16H,7-8H2,1-4H3,(H,15,17). The molecule has 0 aromatic heterocycles. The first-order valence-corrected chi connectivity index (χ1v) is 6.13. The summed E-state index contributed by atoms with van der Waals surface area (Å²) >= 11 is 0. The summed E-state index contributed by atoms with van der Waals surface area (Å²) in [6.07, 6.45) is 0.0176. The number of methoxy groups -OCH3 is 1. The van der Waals surface area contributed by atoms with Gasteiger partial charge < -0.3 is 14.6 Å². The smallest absolute Gasteiger partial charge is 0.412 e. The van der Waals surface area contributed by atoms with Crippen LogP contribution < -0.4 is 10.1 Å². The lowest BCUT2D eigenvalue weighted by Crippen LogP contribution is -2.27. The summed E-state index contributed by atoms with van der Waals surface area (Å²) in [5.74, 6) is 0.539. The number of ether oxygens (including phenoxy) is 2. The summed E-state index contributed by atoms with van der Waals surface area (Å²) in [5, 5.41) is 11.5. The maximum atomic E-state index is 11.7. The van der Waals surface area contributed by atoms with Crippen LogP contribution in [0, 0.1) is 0 Å². The molecule has 0 spiro atoms. The molecular weight excluding hydrogens is 246 g/mol. The minimum atomic E-state index is -0.547. The number of anilines is 1. The second kappa shape index (κ2) is 6.43. The average molecular weight is 267 g/mol. The Hall–Kier alpha value is -1.75. The Morgan fingerprint density at radius 3 is 2.58 bits per heavy atom. The fourth-order valence-electron chi connectivity index (χ4n) is 1.54. The number of hydrogen-bond acceptors (Lipinski definition) is 4. The number of carbonyl (C=O) groups is 1. The van der Waals surface area contributed by atoms with Crippen molar-refractivity contribution in [3.63, 3.8) is 0 Å². The highest BCUT2D eigenvalue weighted by Gasteiger charge is 2.17. The van der Waals surface area contributed by atoms with Crippen LogP contribution in [-0.2, 0) is 11.2 Å². The zero-order chi connectivity index (χ0) is 14.5. The molecule has 1 aromatic rings. The molecule has 5 heteroatoms. The number of aliphatic hydroxyl groups is 1. The van der Waals surface area contributed by atoms with Gasteiger partial charge in [-0.2, -0.15) is 0 Å². The van der Waals surface area contributed by atoms with E-state index in [9.17, 15) is 4.79 Å². The molecule has 2 N–H and O–H groups in total. The summed E-state index contributed by atoms with van der Waals surface area (Å²) in [6.45, 7) is 5.47. The van der Waals surface area contributed by atoms with Crippen LogP contribution in [0.5, 0.6) is 5.75 Å². The topological polar surface area (TPSA) is 67.8 Å². The second-order valence-electron chi connectivity index (χ2n) is 5.14. The Bertz CT molecular complexity index is 438. The lowest BCUT2D eigenvalue weighted by Gasteiger charge is -2.20. The largest absolute Gasteiger partial charge is 0.495 e. The molecule has 0 saturated carbocycles. The number of hydrogen-bond donors (Lipinski definition) is 2. The summed E-state index contributed by atoms with van der Waals surface area (Å²) in [7, 11) is 1.53. The molecule has 0 unspecified atom stereocenters. The van der Waals surface area contributed by atoms with E-state index in [-0.39, 0.29) is 6.61 Å². The van der Waals surface area contributed by atoms with Gasteiger partial charge in [-0.3, -0.25) is 5.32 Å². The van der Waals surface area contributed by atoms with E-state index < -0.39 is 11.7 Å². The molecule has 0 aliphatic rings. The Labute approximate surface area is 113 Å². The molecule has 1 aromatic carbocycles. The Kier molecular flexibility index (Phi) is 5.18. The first-order chi connectivity index (χ1) is 8.85. The SMILES string of the molecule is COc1cc(CCO)ccc1NC(=O)OC(C)(C)C. The van der Waals surface area contributed by atoms with E-state index in [0.717, 1.165) is 5.56 Å². The van der Waals surface area contributed by atoms with Crippen molar-refractivity contribution in [1.82, 2.24) is 0 Å². The molecule has 5 nitrogen and oxygen atoms in total. The van der Waals surface area contributed by atoms with Gasteiger partial charge in [-0.1, -0.05) is 6.07 Å². The summed E-state index contributed by atoms with van der Waals surface area (Å²) < 4.78 is 10.4. The number of benzene rings is 1. The predicted molar refractivity (Wildman–Crippen MR) is 73.6 cm³/mol. The normalized spacial score (nSPS) is 11.0. The predicted octanol–water partition coefficient (Wildman–Crippen LogP) is 2.58. The fourth-order valence-corrected chi connectivity index (χ4v) is 1.54. The van der Waals surface area contributed by atoms with E-state index in [1.54, 1.807) is 32.9 Å². The van der Waals surface area contributed by atoms with Gasteiger partial charge >= 0.3 is 6.09 Å². The van der Waals surface area contributed by atoms with E-state index in [2.05, 4.69) is 5.32 Å². The van der Waals surface area contributed by atoms with Crippen LogP contribution in [0.4, 0.5) is 10.5 Å². The van der Waals surface area contributed by atoms with E-state index in [1.807, 2.05) is 6.07 Å². The highest BCUT2D eigenvalue weighted by molar-refractivity contribution is 5.87. The van der Waals surface area contributed by atoms with Crippen LogP contribution >= 0.6 is 0 Å². The van der Waals surface area contributed by atoms with Gasteiger partial charge in [0.2, 0.25) is 0 Å². The van der Waals surface area contributed by atoms with Crippen molar-refractivity contribution in [2.45, 2.75) is 32.8 Å². The monoisotopic (exact) mass is 267 g/mol. The molecule has 1 rings (SSSR count). The van der Waals surface area contributed by atoms with Crippen molar-refractivity contribution in [2.24, 2.45) is 0 Å². The molecule has 0 fully saturated rings. The molecule has 0 atom stereocenters. The van der Waals surface area contributed by atoms with Crippen molar-refractivity contribution in [2.75, 3.05) is 19.0 Å². The molecule has 1 amide bonds. The Morgan fingerprint density at radius 1 is 1.37 bits per heavy atom. The highest BCUT2D eigenvalue weighted by atomic mass is 16.6. The molecular formula is C14H21NO4. The van der Waals surface area contributed by atoms with E-state index >= 15 is 0 Å². The Balaban J connectivity index is 2.80. The van der Waals surface area contributed by atoms with Gasteiger partial charge in [0.25, 0.3) is 0 Å². The first kappa shape index (κ1) is 15.3. The molecule has 0 heterocycles. The van der Waals surface area contributed by atoms with Crippen molar-refractivity contribution >= 4 is 11.8 Å². The second-order valence-corrected chi connectivity index (χ2v) is 5.14. The van der Waals surface area contributed by atoms with Gasteiger partial charge in [-0.15, -0.1) is 0 Å². The quantitative estimate of drug-likeness (QED) is 0.879. The molecule has 0 aliphatic carbocycles. The maximum Gasteiger partial charge on any atom is 0.412 e. The average Bonchev–Trinajstić information content (AvgIpc) is 2.29. The zero-order valence-corrected chi connectivity index (χ0v) is 11.8. The van der Waals surface area contributed by atoms with Crippen LogP contribution in [0.1, 0.15) is 26.3 Å². The number of carbonyl (C=O) groups excluding carboxylic acids is 1. The summed E-state index contributed by atoms with van der Waals surface area (Å²) in [4.78, 5) is 11.7. The zero-order valence-electron chi connectivity index (χ0n) is 11.8. The maximum absolute atomic E-state index is 11.7. The van der Waals surface area contributed by atoms with E-state index in [4.69, 9.17) is 14.6 Å². The molecule has 0 saturated heterocycles. The fraction of sp³-hybridized carbons (Fsp3) is 0.500. The van der Waals surface area contributed by atoms with Crippen LogP contribution in [0.25, 0.3) is 0 Å². The minimum Gasteiger partial charge on any atom is -0.495 e. The van der Waals surface area contributed by atoms with Crippen molar-refractivity contribution in [3.8, 4) is 5.75 Å². The Morgan fingerprint density at radius 2 is 2.05 bits per heavy atom. The van der Waals surface area contributed by atoms with Crippen molar-refractivity contribution in [3.05, 3.63) is 23.8 Å². The third kappa shape index (κ3) is 5.18. The van der Waals surface area contributed by atoms with E-state index in [1.165, 1.54) is 7.11 Å². The number of aliphatic hydroxyl groups excluding tert-OH is 1. The molecule has 19 heavy (non-hydrogen) atoms. The van der Waals surface area contributed by atoms with Gasteiger partial charge in [0.1, 0.15) is 11.4 Å². The lowest BCUT2D eigenvalue weighted by molar-refractivity contribution is 0.0635. The van der Waals surface area contributed by atoms with Crippen molar-refractivity contribution in [1.29, 1.82) is 0 Å². The summed E-state index contributed by atoms with van der Waals surface area (Å²) in [6, 6.07) is 5.34. The van der Waals surface area contributed by atoms with E-state index in [0.29, 0.717) is 17.9 Å². The van der Waals surface area contributed by atoms with Gasteiger partial charge in [0, 0.05) is 6.61 Å². The van der Waals surface area contributed by atoms with Gasteiger partial charge in [-0.05, 0) is 44.9 Å². The lowest BCUT2D eigenvalue weighted by atomic mass is 10.1. The third-order valence-electron chi connectivity index (χ3n) is 2.30. The highest BCUT2D eigenvalue weighted by Crippen LogP contribution is 2.26. The molecule has 0 radical (unpaired) electrons. The summed E-state index contributed by atoms with van der Waals surface area (Å²) in [5.41, 5.74) is 0.932. The molecule has 0 bridgehead atoms. The van der Waals surface area contributed by atoms with Crippen LogP contribution in [0.15, 0.2) is 18.2 Å². The molecule has 0 aliphatic heterocycles. The third-order valence-corrected chi connectivity index (χ3v) is 2.30. The van der Waals surface area contributed by atoms with Crippen LogP contribution in [-0.4, -0.2) is 30.5 Å². The van der Waals surface area contributed by atoms with Crippen LogP contribution in [0.2, 0.25) is 0 Å². The first-order valence-electron chi connectivity index (χ1n) is 6.13. The molecule has 106 valence electrons. The number of nitrogens with one attached hydrogen (secondary N) is 1.